The minimum Gasteiger partial charge on any atom is -0.484 e. The van der Waals surface area contributed by atoms with Gasteiger partial charge in [-0.2, -0.15) is 9.29 Å². The van der Waals surface area contributed by atoms with E-state index in [0.29, 0.717) is 43.8 Å². The SMILES string of the molecule is Cc1cccc(-c2noc(COc3ccc(S(=O)(=O)N4CCOCC4)cc3)n2)c1. The van der Waals surface area contributed by atoms with Gasteiger partial charge in [0.25, 0.3) is 5.89 Å². The first-order chi connectivity index (χ1) is 14.0. The molecule has 0 radical (unpaired) electrons. The van der Waals surface area contributed by atoms with E-state index in [1.807, 2.05) is 31.2 Å². The molecule has 0 unspecified atom stereocenters. The van der Waals surface area contributed by atoms with Crippen LogP contribution < -0.4 is 4.74 Å². The van der Waals surface area contributed by atoms with E-state index in [-0.39, 0.29) is 11.5 Å². The van der Waals surface area contributed by atoms with Gasteiger partial charge in [0, 0.05) is 18.7 Å². The number of ether oxygens (including phenoxy) is 2. The van der Waals surface area contributed by atoms with E-state index in [2.05, 4.69) is 10.1 Å². The Morgan fingerprint density at radius 3 is 2.59 bits per heavy atom. The zero-order chi connectivity index (χ0) is 20.3. The Kier molecular flexibility index (Phi) is 5.61. The number of hydrogen-bond donors (Lipinski definition) is 0. The van der Waals surface area contributed by atoms with Gasteiger partial charge in [0.15, 0.2) is 6.61 Å². The van der Waals surface area contributed by atoms with E-state index in [1.165, 1.54) is 16.4 Å². The zero-order valence-electron chi connectivity index (χ0n) is 15.9. The molecule has 0 aliphatic carbocycles. The number of nitrogens with zero attached hydrogens (tertiary/aromatic N) is 3. The fourth-order valence-electron chi connectivity index (χ4n) is 3.00. The summed E-state index contributed by atoms with van der Waals surface area (Å²) < 4.78 is 42.8. The molecular weight excluding hydrogens is 394 g/mol. The molecular formula is C20H21N3O5S. The highest BCUT2D eigenvalue weighted by Crippen LogP contribution is 2.22. The summed E-state index contributed by atoms with van der Waals surface area (Å²) in [5.41, 5.74) is 1.98. The molecule has 29 heavy (non-hydrogen) atoms. The second kappa shape index (κ2) is 8.32. The van der Waals surface area contributed by atoms with Crippen LogP contribution in [-0.2, 0) is 21.4 Å². The topological polar surface area (TPSA) is 94.8 Å². The lowest BCUT2D eigenvalue weighted by atomic mass is 10.1. The molecule has 3 aromatic rings. The fraction of sp³-hybridized carbons (Fsp3) is 0.300. The molecule has 0 amide bonds. The van der Waals surface area contributed by atoms with Crippen molar-refractivity contribution >= 4 is 10.0 Å². The van der Waals surface area contributed by atoms with E-state index < -0.39 is 10.0 Å². The third-order valence-electron chi connectivity index (χ3n) is 4.54. The lowest BCUT2D eigenvalue weighted by molar-refractivity contribution is 0.0730. The largest absolute Gasteiger partial charge is 0.484 e. The molecule has 0 atom stereocenters. The van der Waals surface area contributed by atoms with Crippen LogP contribution in [-0.4, -0.2) is 49.2 Å². The van der Waals surface area contributed by atoms with Gasteiger partial charge in [0.2, 0.25) is 15.8 Å². The van der Waals surface area contributed by atoms with E-state index in [0.717, 1.165) is 11.1 Å². The Balaban J connectivity index is 1.40. The third kappa shape index (κ3) is 4.47. The molecule has 1 aromatic heterocycles. The zero-order valence-corrected chi connectivity index (χ0v) is 16.8. The molecule has 0 saturated carbocycles. The predicted octanol–water partition coefficient (Wildman–Crippen LogP) is 2.64. The van der Waals surface area contributed by atoms with Crippen LogP contribution in [0.4, 0.5) is 0 Å². The van der Waals surface area contributed by atoms with Crippen LogP contribution in [0.25, 0.3) is 11.4 Å². The van der Waals surface area contributed by atoms with Crippen LogP contribution in [0.3, 0.4) is 0 Å². The van der Waals surface area contributed by atoms with Crippen molar-refractivity contribution < 1.29 is 22.4 Å². The molecule has 152 valence electrons. The van der Waals surface area contributed by atoms with Gasteiger partial charge in [0.1, 0.15) is 5.75 Å². The third-order valence-corrected chi connectivity index (χ3v) is 6.45. The van der Waals surface area contributed by atoms with Crippen molar-refractivity contribution in [1.82, 2.24) is 14.4 Å². The molecule has 1 fully saturated rings. The highest BCUT2D eigenvalue weighted by Gasteiger charge is 2.26. The van der Waals surface area contributed by atoms with E-state index in [1.54, 1.807) is 12.1 Å². The fourth-order valence-corrected chi connectivity index (χ4v) is 4.41. The van der Waals surface area contributed by atoms with E-state index >= 15 is 0 Å². The van der Waals surface area contributed by atoms with Crippen LogP contribution in [0.15, 0.2) is 57.9 Å². The van der Waals surface area contributed by atoms with Crippen molar-refractivity contribution in [2.24, 2.45) is 0 Å². The number of aryl methyl sites for hydroxylation is 1. The maximum Gasteiger partial charge on any atom is 0.264 e. The molecule has 2 aromatic carbocycles. The van der Waals surface area contributed by atoms with Gasteiger partial charge >= 0.3 is 0 Å². The molecule has 0 bridgehead atoms. The standard InChI is InChI=1S/C20H21N3O5S/c1-15-3-2-4-16(13-15)20-21-19(28-22-20)14-27-17-5-7-18(8-6-17)29(24,25)23-9-11-26-12-10-23/h2-8,13H,9-12,14H2,1H3. The van der Waals surface area contributed by atoms with Crippen LogP contribution in [0.2, 0.25) is 0 Å². The second-order valence-corrected chi connectivity index (χ2v) is 8.60. The first-order valence-electron chi connectivity index (χ1n) is 9.23. The lowest BCUT2D eigenvalue weighted by Gasteiger charge is -2.26. The minimum atomic E-state index is -3.52. The smallest absolute Gasteiger partial charge is 0.264 e. The predicted molar refractivity (Wildman–Crippen MR) is 105 cm³/mol. The van der Waals surface area contributed by atoms with Crippen molar-refractivity contribution in [3.05, 3.63) is 60.0 Å². The lowest BCUT2D eigenvalue weighted by Crippen LogP contribution is -2.40. The maximum atomic E-state index is 12.6. The summed E-state index contributed by atoms with van der Waals surface area (Å²) in [5, 5.41) is 3.98. The van der Waals surface area contributed by atoms with Gasteiger partial charge in [-0.05, 0) is 37.3 Å². The molecule has 0 spiro atoms. The monoisotopic (exact) mass is 415 g/mol. The van der Waals surface area contributed by atoms with Gasteiger partial charge in [-0.1, -0.05) is 28.9 Å². The molecule has 9 heteroatoms. The molecule has 2 heterocycles. The molecule has 1 saturated heterocycles. The number of rotatable bonds is 6. The van der Waals surface area contributed by atoms with Crippen molar-refractivity contribution in [2.45, 2.75) is 18.4 Å². The summed E-state index contributed by atoms with van der Waals surface area (Å²) in [5.74, 6) is 1.35. The Morgan fingerprint density at radius 2 is 1.86 bits per heavy atom. The average Bonchev–Trinajstić information content (AvgIpc) is 3.22. The molecule has 0 N–H and O–H groups in total. The summed E-state index contributed by atoms with van der Waals surface area (Å²) in [4.78, 5) is 4.57. The van der Waals surface area contributed by atoms with Gasteiger partial charge in [-0.15, -0.1) is 0 Å². The Bertz CT molecular complexity index is 1070. The van der Waals surface area contributed by atoms with Crippen LogP contribution >= 0.6 is 0 Å². The Hall–Kier alpha value is -2.75. The Morgan fingerprint density at radius 1 is 1.10 bits per heavy atom. The summed E-state index contributed by atoms with van der Waals surface area (Å²) in [6.07, 6.45) is 0. The minimum absolute atomic E-state index is 0.0916. The van der Waals surface area contributed by atoms with Crippen molar-refractivity contribution in [2.75, 3.05) is 26.3 Å². The van der Waals surface area contributed by atoms with Gasteiger partial charge in [0.05, 0.1) is 18.1 Å². The van der Waals surface area contributed by atoms with Crippen molar-refractivity contribution in [3.8, 4) is 17.1 Å². The molecule has 8 nitrogen and oxygen atoms in total. The molecule has 1 aliphatic heterocycles. The quantitative estimate of drug-likeness (QED) is 0.611. The highest BCUT2D eigenvalue weighted by molar-refractivity contribution is 7.89. The van der Waals surface area contributed by atoms with E-state index in [9.17, 15) is 8.42 Å². The first-order valence-corrected chi connectivity index (χ1v) is 10.7. The van der Waals surface area contributed by atoms with Crippen LogP contribution in [0, 0.1) is 6.92 Å². The normalized spacial score (nSPS) is 15.3. The van der Waals surface area contributed by atoms with Crippen molar-refractivity contribution in [3.63, 3.8) is 0 Å². The number of morpholine rings is 1. The Labute approximate surface area is 169 Å². The summed E-state index contributed by atoms with van der Waals surface area (Å²) in [6, 6.07) is 14.1. The van der Waals surface area contributed by atoms with Crippen molar-refractivity contribution in [1.29, 1.82) is 0 Å². The van der Waals surface area contributed by atoms with Crippen LogP contribution in [0.5, 0.6) is 5.75 Å². The molecule has 1 aliphatic rings. The van der Waals surface area contributed by atoms with Gasteiger partial charge in [-0.3, -0.25) is 0 Å². The number of aromatic nitrogens is 2. The second-order valence-electron chi connectivity index (χ2n) is 6.66. The number of sulfonamides is 1. The van der Waals surface area contributed by atoms with Crippen LogP contribution in [0.1, 0.15) is 11.5 Å². The van der Waals surface area contributed by atoms with E-state index in [4.69, 9.17) is 14.0 Å². The van der Waals surface area contributed by atoms with Gasteiger partial charge < -0.3 is 14.0 Å². The maximum absolute atomic E-state index is 12.6. The average molecular weight is 415 g/mol. The summed E-state index contributed by atoms with van der Waals surface area (Å²) >= 11 is 0. The molecule has 4 rings (SSSR count). The first kappa shape index (κ1) is 19.6. The summed E-state index contributed by atoms with van der Waals surface area (Å²) in [7, 11) is -3.52. The number of hydrogen-bond acceptors (Lipinski definition) is 7. The number of benzene rings is 2. The highest BCUT2D eigenvalue weighted by atomic mass is 32.2. The van der Waals surface area contributed by atoms with Gasteiger partial charge in [-0.25, -0.2) is 8.42 Å². The summed E-state index contributed by atoms with van der Waals surface area (Å²) in [6.45, 7) is 3.64.